The van der Waals surface area contributed by atoms with Crippen molar-refractivity contribution < 1.29 is 96.9 Å². The van der Waals surface area contributed by atoms with Crippen molar-refractivity contribution in [2.45, 2.75) is 34.3 Å². The maximum atomic E-state index is 7.23. The Morgan fingerprint density at radius 3 is 0.744 bits per heavy atom. The second kappa shape index (κ2) is 54.1. The molecule has 15 nitrogen and oxygen atoms in total. The second-order valence-electron chi connectivity index (χ2n) is 26.5. The predicted molar refractivity (Wildman–Crippen MR) is 498 cm³/mol. The Labute approximate surface area is 825 Å². The molecule has 8 aromatic carbocycles. The normalized spacial score (nSPS) is 11.6. The summed E-state index contributed by atoms with van der Waals surface area (Å²) in [4.78, 5) is 63.6. The van der Waals surface area contributed by atoms with Crippen molar-refractivity contribution in [3.63, 3.8) is 0 Å². The molecule has 0 aliphatic heterocycles. The van der Waals surface area contributed by atoms with E-state index < -0.39 is 27.4 Å². The average Bonchev–Trinajstić information content (AvgIpc) is 0.866. The van der Waals surface area contributed by atoms with Crippen LogP contribution in [0.25, 0.3) is 135 Å². The Bertz CT molecular complexity index is 6210. The molecular formula is C110H83Ir4N15-8. The maximum absolute atomic E-state index is 7.23. The summed E-state index contributed by atoms with van der Waals surface area (Å²) < 4.78 is 86.8. The molecule has 0 aliphatic rings. The Morgan fingerprint density at radius 1 is 0.202 bits per heavy atom. The molecule has 0 aliphatic carbocycles. The molecule has 0 amide bonds. The molecule has 129 heavy (non-hydrogen) atoms. The first-order valence-electron chi connectivity index (χ1n) is 45.1. The van der Waals surface area contributed by atoms with Gasteiger partial charge in [0.1, 0.15) is 5.82 Å². The van der Waals surface area contributed by atoms with Crippen LogP contribution in [0, 0.1) is 82.9 Å². The van der Waals surface area contributed by atoms with E-state index >= 15 is 0 Å². The van der Waals surface area contributed by atoms with Gasteiger partial charge in [-0.1, -0.05) is 78.9 Å². The summed E-state index contributed by atoms with van der Waals surface area (Å²) in [6, 6.07) is 124. The van der Waals surface area contributed by atoms with E-state index in [0.717, 1.165) is 129 Å². The summed E-state index contributed by atoms with van der Waals surface area (Å²) in [6.07, 6.45) is 25.0. The van der Waals surface area contributed by atoms with Crippen LogP contribution in [0.1, 0.15) is 44.5 Å². The zero-order chi connectivity index (χ0) is 96.1. The Morgan fingerprint density at radius 2 is 0.481 bits per heavy atom. The molecule has 4 radical (unpaired) electrons. The van der Waals surface area contributed by atoms with Gasteiger partial charge in [0.25, 0.3) is 0 Å². The zero-order valence-electron chi connectivity index (χ0n) is 80.8. The number of hydrogen-bond acceptors (Lipinski definition) is 15. The summed E-state index contributed by atoms with van der Waals surface area (Å²) in [5.41, 5.74) is 21.0. The smallest absolute Gasteiger partial charge is 0.158 e. The minimum Gasteiger partial charge on any atom is -0.305 e. The van der Waals surface area contributed by atoms with Crippen molar-refractivity contribution in [1.82, 2.24) is 74.8 Å². The van der Waals surface area contributed by atoms with Gasteiger partial charge in [0.15, 0.2) is 11.6 Å². The molecule has 0 saturated heterocycles. The third-order valence-corrected chi connectivity index (χ3v) is 17.7. The Balaban J connectivity index is 0.000000179. The summed E-state index contributed by atoms with van der Waals surface area (Å²) >= 11 is 0. The van der Waals surface area contributed by atoms with E-state index in [9.17, 15) is 0 Å². The van der Waals surface area contributed by atoms with Crippen LogP contribution in [0.5, 0.6) is 0 Å². The summed E-state index contributed by atoms with van der Waals surface area (Å²) in [7, 11) is 0. The molecule has 0 N–H and O–H groups in total. The minimum atomic E-state index is -2.09. The van der Waals surface area contributed by atoms with Crippen LogP contribution < -0.4 is 0 Å². The topological polar surface area (TPSA) is 193 Å². The van der Waals surface area contributed by atoms with Crippen LogP contribution in [-0.2, 0) is 80.4 Å². The van der Waals surface area contributed by atoms with Gasteiger partial charge >= 0.3 is 0 Å². The Hall–Kier alpha value is -14.1. The van der Waals surface area contributed by atoms with Gasteiger partial charge in [-0.25, -0.2) is 29.9 Å². The molecule has 0 atom stereocenters. The number of nitrogens with zero attached hydrogens (tertiary/aromatic N) is 15. The van der Waals surface area contributed by atoms with Gasteiger partial charge < -0.3 is 39.9 Å². The molecule has 0 unspecified atom stereocenters. The van der Waals surface area contributed by atoms with Crippen molar-refractivity contribution in [1.29, 1.82) is 0 Å². The van der Waals surface area contributed by atoms with Crippen LogP contribution in [0.4, 0.5) is 0 Å². The molecule has 20 rings (SSSR count). The van der Waals surface area contributed by atoms with Crippen LogP contribution in [0.2, 0.25) is 0 Å². The van der Waals surface area contributed by atoms with E-state index in [1.54, 1.807) is 141 Å². The van der Waals surface area contributed by atoms with Crippen LogP contribution >= 0.6 is 0 Å². The SMILES string of the molecule is Cc1nccc(-c2ccnc(-c3[c-]cccc3)c2)n1.[2H]C([2H])([2H])c1ccc(-c2[c-]cccc2)nc1.[2H]C([2H])([2H])c1ccc(-c2[c-]cccc2)nc1.[2H]C([2H])([2H])c1ccc(-c2[c-]cccc2)nc1.[2H]C([2H])([2H])c1ccc(-c2[c-]cccc2)nc1.[Ir].[Ir].[Ir].[Ir].[c-]1ccccc1-c1cc(-c2cccnc2)ccn1.[c-]1ccccc1-c1cc(-c2ncccn2)ccn1.[c-]1ccccc1-c1cc(-c2ncccn2)ccn1. The third kappa shape index (κ3) is 31.8. The number of aryl methyl sites for hydroxylation is 5. The van der Waals surface area contributed by atoms with E-state index in [-0.39, 0.29) is 103 Å². The third-order valence-electron chi connectivity index (χ3n) is 17.7. The molecule has 0 bridgehead atoms. The van der Waals surface area contributed by atoms with Crippen molar-refractivity contribution in [2.75, 3.05) is 0 Å². The first-order chi connectivity index (χ1) is 66.4. The standard InChI is InChI=1S/C16H12N3.C16H11N2.2C15H10N3.4C12H10N.4Ir/c1-12-17-10-8-15(19-12)14-7-9-18-16(11-14)13-5-3-2-4-6-13;1-2-5-13(6-3-1)16-11-14(8-10-18-16)15-7-4-9-17-12-15;2*1-2-5-12(6-3-1)14-11-13(7-10-16-14)15-17-8-4-9-18-15;4*1-10-7-8-12(13-9-10)11-5-3-2-4-6-11;;;;/h2-5,7-11H,1H3;1-5,7-12H;2*1-5,7-11H;4*2-5,7-9H,1H3;;;;/q8*-1;;;;/i;;;;4*1D3;;;;. The molecule has 12 aromatic heterocycles. The summed E-state index contributed by atoms with van der Waals surface area (Å²) in [6.45, 7) is -6.48. The Kier molecular flexibility index (Phi) is 34.4. The van der Waals surface area contributed by atoms with Gasteiger partial charge in [0, 0.05) is 201 Å². The minimum absolute atomic E-state index is 0. The van der Waals surface area contributed by atoms with Gasteiger partial charge in [-0.15, -0.1) is 287 Å². The molecule has 0 spiro atoms. The fraction of sp³-hybridized carbons (Fsp3) is 0.0455. The van der Waals surface area contributed by atoms with Crippen LogP contribution in [-0.4, -0.2) is 74.8 Å². The zero-order valence-corrected chi connectivity index (χ0v) is 78.4. The number of benzene rings is 8. The first kappa shape index (κ1) is 82.0. The van der Waals surface area contributed by atoms with Gasteiger partial charge in [-0.05, 0) is 167 Å². The van der Waals surface area contributed by atoms with E-state index in [2.05, 4.69) is 129 Å². The molecule has 19 heteroatoms. The van der Waals surface area contributed by atoms with Crippen LogP contribution in [0.3, 0.4) is 0 Å². The molecule has 0 fully saturated rings. The van der Waals surface area contributed by atoms with Crippen molar-refractivity contribution in [2.24, 2.45) is 0 Å². The van der Waals surface area contributed by atoms with Crippen molar-refractivity contribution in [3.05, 3.63) is 491 Å². The first-order valence-corrected chi connectivity index (χ1v) is 39.1. The number of pyridine rings is 9. The molecular weight excluding hydrogens is 2300 g/mol. The van der Waals surface area contributed by atoms with Crippen molar-refractivity contribution in [3.8, 4) is 135 Å². The molecule has 642 valence electrons. The van der Waals surface area contributed by atoms with Gasteiger partial charge in [0.2, 0.25) is 0 Å². The fourth-order valence-corrected chi connectivity index (χ4v) is 11.6. The summed E-state index contributed by atoms with van der Waals surface area (Å²) in [5, 5.41) is 0. The largest absolute Gasteiger partial charge is 0.305 e. The number of rotatable bonds is 12. The quantitative estimate of drug-likeness (QED) is 0.105. The number of hydrogen-bond donors (Lipinski definition) is 0. The second-order valence-corrected chi connectivity index (χ2v) is 26.5. The molecule has 20 aromatic rings. The average molecular weight is 2400 g/mol. The van der Waals surface area contributed by atoms with Crippen molar-refractivity contribution >= 4 is 0 Å². The van der Waals surface area contributed by atoms with E-state index in [0.29, 0.717) is 11.6 Å². The van der Waals surface area contributed by atoms with E-state index in [4.69, 9.17) is 16.4 Å². The molecule has 12 heterocycles. The van der Waals surface area contributed by atoms with Crippen LogP contribution in [0.15, 0.2) is 414 Å². The summed E-state index contributed by atoms with van der Waals surface area (Å²) in [5.74, 6) is 2.18. The molecule has 0 saturated carbocycles. The van der Waals surface area contributed by atoms with Gasteiger partial charge in [-0.3, -0.25) is 4.98 Å². The maximum Gasteiger partial charge on any atom is 0.158 e. The van der Waals surface area contributed by atoms with Gasteiger partial charge in [-0.2, -0.15) is 0 Å². The monoisotopic (exact) mass is 2400 g/mol. The fourth-order valence-electron chi connectivity index (χ4n) is 11.6. The predicted octanol–water partition coefficient (Wildman–Crippen LogP) is 24.4. The number of aromatic nitrogens is 15. The van der Waals surface area contributed by atoms with E-state index in [1.165, 1.54) is 24.8 Å². The van der Waals surface area contributed by atoms with Gasteiger partial charge in [0.05, 0.1) is 5.69 Å². The van der Waals surface area contributed by atoms with E-state index in [1.807, 2.05) is 250 Å².